The van der Waals surface area contributed by atoms with E-state index in [1.807, 2.05) is 30.3 Å². The number of rotatable bonds is 11. The number of hydrogen-bond acceptors (Lipinski definition) is 4. The Hall–Kier alpha value is -3.57. The van der Waals surface area contributed by atoms with Crippen LogP contribution < -0.4 is 9.62 Å². The zero-order chi connectivity index (χ0) is 32.1. The molecule has 44 heavy (non-hydrogen) atoms. The monoisotopic (exact) mass is 649 g/mol. The fourth-order valence-corrected chi connectivity index (χ4v) is 6.84. The highest BCUT2D eigenvalue weighted by Crippen LogP contribution is 2.38. The lowest BCUT2D eigenvalue weighted by atomic mass is 10.1. The third-order valence-electron chi connectivity index (χ3n) is 7.78. The van der Waals surface area contributed by atoms with Crippen LogP contribution in [0.15, 0.2) is 77.7 Å². The van der Waals surface area contributed by atoms with Gasteiger partial charge in [0.1, 0.15) is 12.6 Å². The van der Waals surface area contributed by atoms with Gasteiger partial charge in [0.2, 0.25) is 11.8 Å². The van der Waals surface area contributed by atoms with E-state index in [9.17, 15) is 31.2 Å². The number of hydrogen-bond donors (Lipinski definition) is 1. The first-order valence-electron chi connectivity index (χ1n) is 14.4. The molecule has 236 valence electrons. The average molecular weight is 650 g/mol. The first-order valence-corrected chi connectivity index (χ1v) is 16.2. The molecule has 0 radical (unpaired) electrons. The third kappa shape index (κ3) is 8.12. The highest BCUT2D eigenvalue weighted by molar-refractivity contribution is 7.92. The SMILES string of the molecule is Cc1ccc(S(=O)(=O)N(CC(=O)N(CCc2ccccc2)[C@H](C)C(=O)NC2CCCC2)c2ccc(Cl)c(C(F)(F)F)c2)cc1. The van der Waals surface area contributed by atoms with Crippen LogP contribution in [0.3, 0.4) is 0 Å². The number of nitrogens with zero attached hydrogens (tertiary/aromatic N) is 2. The second-order valence-corrected chi connectivity index (χ2v) is 13.2. The van der Waals surface area contributed by atoms with Crippen LogP contribution in [0, 0.1) is 6.92 Å². The van der Waals surface area contributed by atoms with Gasteiger partial charge < -0.3 is 10.2 Å². The summed E-state index contributed by atoms with van der Waals surface area (Å²) >= 11 is 5.83. The lowest BCUT2D eigenvalue weighted by molar-refractivity contribution is -0.139. The Labute approximate surface area is 261 Å². The molecule has 3 aromatic carbocycles. The number of benzene rings is 3. The predicted octanol–water partition coefficient (Wildman–Crippen LogP) is 6.38. The molecule has 0 spiro atoms. The van der Waals surface area contributed by atoms with Crippen molar-refractivity contribution in [1.82, 2.24) is 10.2 Å². The molecule has 0 heterocycles. The van der Waals surface area contributed by atoms with Crippen molar-refractivity contribution in [1.29, 1.82) is 0 Å². The van der Waals surface area contributed by atoms with Crippen LogP contribution in [-0.4, -0.2) is 50.3 Å². The van der Waals surface area contributed by atoms with Crippen LogP contribution >= 0.6 is 11.6 Å². The number of anilines is 1. The van der Waals surface area contributed by atoms with Crippen LogP contribution in [0.5, 0.6) is 0 Å². The maximum absolute atomic E-state index is 14.0. The van der Waals surface area contributed by atoms with Gasteiger partial charge in [0.15, 0.2) is 0 Å². The van der Waals surface area contributed by atoms with Crippen molar-refractivity contribution >= 4 is 39.1 Å². The predicted molar refractivity (Wildman–Crippen MR) is 164 cm³/mol. The van der Waals surface area contributed by atoms with Gasteiger partial charge in [0, 0.05) is 12.6 Å². The minimum absolute atomic E-state index is 0.00991. The molecule has 1 N–H and O–H groups in total. The molecular formula is C32H35ClF3N3O4S. The molecule has 3 aromatic rings. The molecule has 0 bridgehead atoms. The summed E-state index contributed by atoms with van der Waals surface area (Å²) in [4.78, 5) is 28.4. The van der Waals surface area contributed by atoms with E-state index in [0.717, 1.165) is 48.9 Å². The Morgan fingerprint density at radius 1 is 1.00 bits per heavy atom. The van der Waals surface area contributed by atoms with E-state index < -0.39 is 45.3 Å². The number of carbonyl (C=O) groups is 2. The molecule has 1 saturated carbocycles. The van der Waals surface area contributed by atoms with Crippen molar-refractivity contribution in [2.24, 2.45) is 0 Å². The quantitative estimate of drug-likeness (QED) is 0.261. The van der Waals surface area contributed by atoms with Gasteiger partial charge in [0.05, 0.1) is 21.2 Å². The minimum atomic E-state index is -4.87. The van der Waals surface area contributed by atoms with Gasteiger partial charge >= 0.3 is 6.18 Å². The van der Waals surface area contributed by atoms with Crippen molar-refractivity contribution in [2.75, 3.05) is 17.4 Å². The van der Waals surface area contributed by atoms with E-state index in [-0.39, 0.29) is 29.1 Å². The van der Waals surface area contributed by atoms with Crippen LogP contribution in [0.2, 0.25) is 5.02 Å². The summed E-state index contributed by atoms with van der Waals surface area (Å²) in [5, 5.41) is 2.38. The van der Waals surface area contributed by atoms with Gasteiger partial charge in [-0.2, -0.15) is 13.2 Å². The summed E-state index contributed by atoms with van der Waals surface area (Å²) in [5.74, 6) is -1.12. The van der Waals surface area contributed by atoms with E-state index in [4.69, 9.17) is 11.6 Å². The molecule has 7 nitrogen and oxygen atoms in total. The summed E-state index contributed by atoms with van der Waals surface area (Å²) in [6.07, 6.45) is -0.859. The van der Waals surface area contributed by atoms with Crippen molar-refractivity contribution in [3.8, 4) is 0 Å². The Morgan fingerprint density at radius 3 is 2.25 bits per heavy atom. The Kier molecular flexibility index (Phi) is 10.6. The molecule has 1 atom stereocenters. The molecule has 12 heteroatoms. The third-order valence-corrected chi connectivity index (χ3v) is 9.90. The highest BCUT2D eigenvalue weighted by atomic mass is 35.5. The number of aryl methyl sites for hydroxylation is 1. The summed E-state index contributed by atoms with van der Waals surface area (Å²) < 4.78 is 69.9. The number of sulfonamides is 1. The molecule has 0 aromatic heterocycles. The van der Waals surface area contributed by atoms with Crippen LogP contribution in [0.1, 0.15) is 49.3 Å². The molecule has 4 rings (SSSR count). The number of nitrogens with one attached hydrogen (secondary N) is 1. The Bertz CT molecular complexity index is 1560. The standard InChI is InChI=1S/C32H35ClF3N3O4S/c1-22-12-15-27(16-13-22)44(42,43)39(26-14-17-29(33)28(20-26)32(34,35)36)21-30(40)38(19-18-24-8-4-3-5-9-24)23(2)31(41)37-25-10-6-7-11-25/h3-5,8-9,12-17,20,23,25H,6-7,10-11,18-19,21H2,1-2H3,(H,37,41)/t23-/m1/s1. The topological polar surface area (TPSA) is 86.8 Å². The summed E-state index contributed by atoms with van der Waals surface area (Å²) in [6, 6.07) is 16.7. The van der Waals surface area contributed by atoms with E-state index in [2.05, 4.69) is 5.32 Å². The zero-order valence-electron chi connectivity index (χ0n) is 24.5. The number of halogens is 4. The van der Waals surface area contributed by atoms with Crippen molar-refractivity contribution < 1.29 is 31.2 Å². The van der Waals surface area contributed by atoms with Crippen LogP contribution in [0.25, 0.3) is 0 Å². The van der Waals surface area contributed by atoms with Crippen molar-refractivity contribution in [2.45, 2.75) is 69.1 Å². The first kappa shape index (κ1) is 33.3. The lowest BCUT2D eigenvalue weighted by Gasteiger charge is -2.32. The Balaban J connectivity index is 1.72. The molecule has 0 unspecified atom stereocenters. The molecule has 1 aliphatic carbocycles. The number of carbonyl (C=O) groups excluding carboxylic acids is 2. The lowest BCUT2D eigenvalue weighted by Crippen LogP contribution is -2.53. The fourth-order valence-electron chi connectivity index (χ4n) is 5.21. The van der Waals surface area contributed by atoms with Gasteiger partial charge in [-0.05, 0) is 69.0 Å². The molecule has 1 aliphatic rings. The van der Waals surface area contributed by atoms with Gasteiger partial charge in [-0.25, -0.2) is 8.42 Å². The maximum atomic E-state index is 14.0. The van der Waals surface area contributed by atoms with E-state index in [1.54, 1.807) is 26.0 Å². The van der Waals surface area contributed by atoms with Crippen molar-refractivity contribution in [3.05, 3.63) is 94.5 Å². The van der Waals surface area contributed by atoms with Crippen LogP contribution in [0.4, 0.5) is 18.9 Å². The fraction of sp³-hybridized carbons (Fsp3) is 0.375. The first-order chi connectivity index (χ1) is 20.8. The van der Waals surface area contributed by atoms with Gasteiger partial charge in [0.25, 0.3) is 10.0 Å². The van der Waals surface area contributed by atoms with Crippen molar-refractivity contribution in [3.63, 3.8) is 0 Å². The molecule has 2 amide bonds. The maximum Gasteiger partial charge on any atom is 0.417 e. The molecule has 0 saturated heterocycles. The second-order valence-electron chi connectivity index (χ2n) is 11.0. The zero-order valence-corrected chi connectivity index (χ0v) is 26.1. The number of amides is 2. The van der Waals surface area contributed by atoms with Gasteiger partial charge in [-0.15, -0.1) is 0 Å². The smallest absolute Gasteiger partial charge is 0.352 e. The largest absolute Gasteiger partial charge is 0.417 e. The summed E-state index contributed by atoms with van der Waals surface area (Å²) in [6.45, 7) is 2.56. The highest BCUT2D eigenvalue weighted by Gasteiger charge is 2.37. The van der Waals surface area contributed by atoms with E-state index in [0.29, 0.717) is 16.8 Å². The second kappa shape index (κ2) is 14.0. The van der Waals surface area contributed by atoms with E-state index >= 15 is 0 Å². The summed E-state index contributed by atoms with van der Waals surface area (Å²) in [7, 11) is -4.53. The summed E-state index contributed by atoms with van der Waals surface area (Å²) in [5.41, 5.74) is 0.0390. The molecule has 0 aliphatic heterocycles. The van der Waals surface area contributed by atoms with E-state index in [1.165, 1.54) is 17.0 Å². The van der Waals surface area contributed by atoms with Crippen LogP contribution in [-0.2, 0) is 32.2 Å². The number of alkyl halides is 3. The Morgan fingerprint density at radius 2 is 1.64 bits per heavy atom. The normalized spacial score (nSPS) is 14.7. The van der Waals surface area contributed by atoms with Gasteiger partial charge in [-0.3, -0.25) is 13.9 Å². The van der Waals surface area contributed by atoms with Gasteiger partial charge in [-0.1, -0.05) is 72.5 Å². The molecular weight excluding hydrogens is 615 g/mol. The molecule has 1 fully saturated rings. The minimum Gasteiger partial charge on any atom is -0.352 e. The average Bonchev–Trinajstić information content (AvgIpc) is 3.49.